The number of carbonyl (C=O) groups excluding carboxylic acids is 2. The molecule has 0 spiro atoms. The Morgan fingerprint density at radius 3 is 2.77 bits per heavy atom. The Kier molecular flexibility index (Phi) is 7.54. The standard InChI is InChI=1S/C24H31N5O6/c1-16(30)19-12-17-15-35-11-7-18(17)23(19)26-21(13-29(33)34)25-20-6-2-3-10-28(24(20)32)14-22(31)27-8-4-5-9-27/h7,11-13,15-16,20,25-26,30H,2-6,8-10,14H2,1H3/t16?,20-/m0/s1. The lowest BCUT2D eigenvalue weighted by atomic mass is 10.1. The number of aliphatic hydroxyl groups is 1. The lowest BCUT2D eigenvalue weighted by molar-refractivity contribution is -0.403. The summed E-state index contributed by atoms with van der Waals surface area (Å²) in [5, 5.41) is 27.7. The van der Waals surface area contributed by atoms with Crippen LogP contribution in [0.1, 0.15) is 50.7 Å². The molecule has 0 aromatic rings. The molecule has 3 aliphatic heterocycles. The normalized spacial score (nSPS) is 20.1. The second kappa shape index (κ2) is 10.8. The molecule has 2 amide bonds. The van der Waals surface area contributed by atoms with Crippen molar-refractivity contribution in [3.8, 4) is 11.1 Å². The highest BCUT2D eigenvalue weighted by Gasteiger charge is 2.31. The maximum Gasteiger partial charge on any atom is 0.274 e. The van der Waals surface area contributed by atoms with Crippen molar-refractivity contribution < 1.29 is 24.0 Å². The first-order valence-corrected chi connectivity index (χ1v) is 12.0. The largest absolute Gasteiger partial charge is 0.472 e. The van der Waals surface area contributed by atoms with Gasteiger partial charge in [0.25, 0.3) is 6.20 Å². The number of likely N-dealkylation sites (tertiary alicyclic amines) is 2. The number of fused-ring (bicyclic) bond motifs is 1. The number of anilines is 1. The van der Waals surface area contributed by atoms with Gasteiger partial charge in [-0.3, -0.25) is 19.7 Å². The number of amides is 2. The number of hydrogen-bond donors (Lipinski definition) is 3. The van der Waals surface area contributed by atoms with Gasteiger partial charge in [0.1, 0.15) is 6.04 Å². The molecule has 3 heterocycles. The summed E-state index contributed by atoms with van der Waals surface area (Å²) in [6.45, 7) is 3.53. The minimum Gasteiger partial charge on any atom is -0.472 e. The number of nitro groups is 1. The Morgan fingerprint density at radius 1 is 1.31 bits per heavy atom. The molecule has 3 N–H and O–H groups in total. The summed E-state index contributed by atoms with van der Waals surface area (Å²) >= 11 is 0. The maximum atomic E-state index is 13.3. The van der Waals surface area contributed by atoms with Crippen LogP contribution in [0.15, 0.2) is 41.1 Å². The van der Waals surface area contributed by atoms with Crippen LogP contribution in [0.3, 0.4) is 0 Å². The van der Waals surface area contributed by atoms with Gasteiger partial charge in [-0.25, -0.2) is 0 Å². The summed E-state index contributed by atoms with van der Waals surface area (Å²) in [5.41, 5.74) is 2.48. The van der Waals surface area contributed by atoms with Crippen molar-refractivity contribution in [1.29, 1.82) is 0 Å². The van der Waals surface area contributed by atoms with Gasteiger partial charge in [0.15, 0.2) is 5.82 Å². The Morgan fingerprint density at radius 2 is 2.06 bits per heavy atom. The Balaban J connectivity index is 1.54. The van der Waals surface area contributed by atoms with Gasteiger partial charge in [0.2, 0.25) is 11.8 Å². The summed E-state index contributed by atoms with van der Waals surface area (Å²) < 4.78 is 5.21. The highest BCUT2D eigenvalue weighted by atomic mass is 16.6. The SMILES string of the molecule is CC(O)c1cc2coccc-2c1NC(=C[N+](=O)[O-])N[C@H]1CCCCN(CC(=O)N2CCCC2)C1=O. The van der Waals surface area contributed by atoms with Crippen LogP contribution in [-0.2, 0) is 9.59 Å². The number of nitrogens with zero attached hydrogens (tertiary/aromatic N) is 3. The fraction of sp³-hybridized carbons (Fsp3) is 0.500. The molecule has 0 aromatic carbocycles. The van der Waals surface area contributed by atoms with Crippen LogP contribution in [0.25, 0.3) is 11.1 Å². The zero-order valence-corrected chi connectivity index (χ0v) is 19.7. The van der Waals surface area contributed by atoms with Gasteiger partial charge in [-0.2, -0.15) is 0 Å². The molecule has 4 rings (SSSR count). The summed E-state index contributed by atoms with van der Waals surface area (Å²) in [7, 11) is 0. The van der Waals surface area contributed by atoms with Crippen LogP contribution in [0.2, 0.25) is 0 Å². The van der Waals surface area contributed by atoms with Gasteiger partial charge in [-0.05, 0) is 51.2 Å². The molecule has 2 atom stereocenters. The fourth-order valence-corrected chi connectivity index (χ4v) is 4.74. The first-order valence-electron chi connectivity index (χ1n) is 12.0. The van der Waals surface area contributed by atoms with Gasteiger partial charge < -0.3 is 30.0 Å². The summed E-state index contributed by atoms with van der Waals surface area (Å²) in [6, 6.07) is 2.72. The third-order valence-corrected chi connectivity index (χ3v) is 6.53. The van der Waals surface area contributed by atoms with Gasteiger partial charge >= 0.3 is 0 Å². The number of nitrogens with one attached hydrogen (secondary N) is 2. The van der Waals surface area contributed by atoms with Crippen molar-refractivity contribution in [3.05, 3.63) is 52.4 Å². The lowest BCUT2D eigenvalue weighted by Crippen LogP contribution is -2.49. The fourth-order valence-electron chi connectivity index (χ4n) is 4.74. The van der Waals surface area contributed by atoms with Crippen LogP contribution in [0.4, 0.5) is 5.69 Å². The zero-order chi connectivity index (χ0) is 24.9. The zero-order valence-electron chi connectivity index (χ0n) is 19.7. The van der Waals surface area contributed by atoms with Crippen molar-refractivity contribution in [2.24, 2.45) is 0 Å². The summed E-state index contributed by atoms with van der Waals surface area (Å²) in [6.07, 6.45) is 6.87. The molecule has 0 bridgehead atoms. The molecule has 2 saturated heterocycles. The highest BCUT2D eigenvalue weighted by Crippen LogP contribution is 2.40. The minimum atomic E-state index is -0.839. The summed E-state index contributed by atoms with van der Waals surface area (Å²) in [4.78, 5) is 40.1. The average molecular weight is 486 g/mol. The van der Waals surface area contributed by atoms with Gasteiger partial charge in [0, 0.05) is 36.3 Å². The molecule has 11 nitrogen and oxygen atoms in total. The minimum absolute atomic E-state index is 0.0158. The van der Waals surface area contributed by atoms with Crippen LogP contribution >= 0.6 is 0 Å². The quantitative estimate of drug-likeness (QED) is 0.383. The number of rotatable bonds is 8. The van der Waals surface area contributed by atoms with Crippen LogP contribution in [-0.4, -0.2) is 63.9 Å². The van der Waals surface area contributed by atoms with E-state index in [9.17, 15) is 24.8 Å². The molecule has 4 aliphatic rings. The van der Waals surface area contributed by atoms with Crippen molar-refractivity contribution in [3.63, 3.8) is 0 Å². The highest BCUT2D eigenvalue weighted by molar-refractivity contribution is 5.88. The Labute approximate surface area is 203 Å². The number of aliphatic hydroxyl groups excluding tert-OH is 1. The van der Waals surface area contributed by atoms with Crippen LogP contribution in [0.5, 0.6) is 0 Å². The van der Waals surface area contributed by atoms with Gasteiger partial charge in [0.05, 0.1) is 35.8 Å². The Bertz CT molecular complexity index is 1070. The van der Waals surface area contributed by atoms with Crippen molar-refractivity contribution in [2.45, 2.75) is 51.2 Å². The predicted octanol–water partition coefficient (Wildman–Crippen LogP) is 2.52. The topological polar surface area (TPSA) is 141 Å². The van der Waals surface area contributed by atoms with E-state index in [2.05, 4.69) is 10.6 Å². The monoisotopic (exact) mass is 485 g/mol. The summed E-state index contributed by atoms with van der Waals surface area (Å²) in [5.74, 6) is -0.296. The van der Waals surface area contributed by atoms with E-state index in [1.807, 2.05) is 0 Å². The van der Waals surface area contributed by atoms with Gasteiger partial charge in [-0.15, -0.1) is 0 Å². The lowest BCUT2D eigenvalue weighted by Gasteiger charge is -2.27. The van der Waals surface area contributed by atoms with Gasteiger partial charge in [-0.1, -0.05) is 0 Å². The van der Waals surface area contributed by atoms with E-state index >= 15 is 0 Å². The molecular formula is C24H31N5O6. The molecular weight excluding hydrogens is 454 g/mol. The third-order valence-electron chi connectivity index (χ3n) is 6.53. The second-order valence-corrected chi connectivity index (χ2v) is 9.07. The molecule has 0 radical (unpaired) electrons. The van der Waals surface area contributed by atoms with E-state index in [0.717, 1.165) is 37.4 Å². The van der Waals surface area contributed by atoms with E-state index in [1.165, 1.54) is 12.5 Å². The van der Waals surface area contributed by atoms with Crippen LogP contribution < -0.4 is 10.6 Å². The van der Waals surface area contributed by atoms with Crippen LogP contribution in [0, 0.1) is 10.1 Å². The molecule has 188 valence electrons. The van der Waals surface area contributed by atoms with Crippen molar-refractivity contribution in [2.75, 3.05) is 31.5 Å². The predicted molar refractivity (Wildman–Crippen MR) is 128 cm³/mol. The second-order valence-electron chi connectivity index (χ2n) is 9.07. The molecule has 2 fully saturated rings. The van der Waals surface area contributed by atoms with E-state index < -0.39 is 17.1 Å². The first-order chi connectivity index (χ1) is 16.8. The average Bonchev–Trinajstić information content (AvgIpc) is 3.44. The maximum absolute atomic E-state index is 13.3. The molecule has 1 unspecified atom stereocenters. The number of carbonyl (C=O) groups is 2. The Hall–Kier alpha value is -3.60. The molecule has 35 heavy (non-hydrogen) atoms. The smallest absolute Gasteiger partial charge is 0.274 e. The first kappa shape index (κ1) is 24.5. The van der Waals surface area contributed by atoms with Crippen molar-refractivity contribution >= 4 is 17.5 Å². The van der Waals surface area contributed by atoms with E-state index in [1.54, 1.807) is 28.9 Å². The van der Waals surface area contributed by atoms with E-state index in [4.69, 9.17) is 4.42 Å². The van der Waals surface area contributed by atoms with E-state index in [-0.39, 0.29) is 24.2 Å². The third kappa shape index (κ3) is 5.73. The molecule has 11 heteroatoms. The van der Waals surface area contributed by atoms with Crippen molar-refractivity contribution in [1.82, 2.24) is 15.1 Å². The molecule has 0 aromatic heterocycles. The molecule has 1 aliphatic carbocycles. The van der Waals surface area contributed by atoms with E-state index in [0.29, 0.717) is 42.9 Å². The molecule has 0 saturated carbocycles. The number of hydrogen-bond acceptors (Lipinski definition) is 8.